The Balaban J connectivity index is 1.26. The van der Waals surface area contributed by atoms with E-state index in [-0.39, 0.29) is 12.1 Å². The van der Waals surface area contributed by atoms with Gasteiger partial charge in [0.15, 0.2) is 0 Å². The molecule has 3 aromatic carbocycles. The summed E-state index contributed by atoms with van der Waals surface area (Å²) in [6, 6.07) is 18.1. The van der Waals surface area contributed by atoms with Crippen molar-refractivity contribution in [3.8, 4) is 0 Å². The van der Waals surface area contributed by atoms with Gasteiger partial charge in [-0.05, 0) is 96.9 Å². The van der Waals surface area contributed by atoms with E-state index in [2.05, 4.69) is 53.6 Å². The molecular weight excluding hydrogens is 677 g/mol. The minimum Gasteiger partial charge on any atom is -0.466 e. The molecule has 0 radical (unpaired) electrons. The van der Waals surface area contributed by atoms with Crippen LogP contribution in [-0.2, 0) is 14.1 Å². The molecule has 0 amide bonds. The molecule has 1 atom stereocenters. The predicted octanol–water partition coefficient (Wildman–Crippen LogP) is 7.52. The van der Waals surface area contributed by atoms with E-state index in [1.807, 2.05) is 62.5 Å². The first-order valence-electron chi connectivity index (χ1n) is 15.9. The number of hydrogen-bond donors (Lipinski definition) is 2. The Labute approximate surface area is 283 Å². The molecule has 3 heterocycles. The number of anilines is 5. The Bertz CT molecular complexity index is 1920. The number of nitrogens with one attached hydrogen (secondary N) is 2. The van der Waals surface area contributed by atoms with Crippen LogP contribution in [0.25, 0.3) is 10.8 Å². The molecule has 47 heavy (non-hydrogen) atoms. The number of fused-ring (bicyclic) bond motifs is 1. The van der Waals surface area contributed by atoms with Crippen molar-refractivity contribution in [2.45, 2.75) is 39.3 Å². The summed E-state index contributed by atoms with van der Waals surface area (Å²) < 4.78 is 19.3. The average Bonchev–Trinajstić information content (AvgIpc) is 3.48. The molecule has 10 nitrogen and oxygen atoms in total. The molecule has 0 bridgehead atoms. The Morgan fingerprint density at radius 3 is 2.60 bits per heavy atom. The van der Waals surface area contributed by atoms with Gasteiger partial charge in [-0.3, -0.25) is 14.8 Å². The second kappa shape index (κ2) is 14.0. The van der Waals surface area contributed by atoms with Crippen molar-refractivity contribution in [2.24, 2.45) is 15.9 Å². The predicted molar refractivity (Wildman–Crippen MR) is 196 cm³/mol. The normalized spacial score (nSPS) is 16.7. The summed E-state index contributed by atoms with van der Waals surface area (Å²) in [6.45, 7) is 9.48. The van der Waals surface area contributed by atoms with E-state index in [4.69, 9.17) is 14.7 Å². The molecule has 6 rings (SSSR count). The standard InChI is InChI=1S/C35H39BrN7O3P/c1-5-46-32(44)18-23-14-16-43(17-15-23)31-13-11-25(19-27(31)30-21-37-22(2)39-30)40-35-38-20-28(36)34(42-35)41-29-12-10-24-8-6-7-9-26(24)33(29)47(3,4)45/h6-13,19-23H,5,14-18H2,1-4H3,(H2,38,40,41,42). The lowest BCUT2D eigenvalue weighted by atomic mass is 9.92. The molecule has 4 aromatic rings. The quantitative estimate of drug-likeness (QED) is 0.128. The van der Waals surface area contributed by atoms with Gasteiger partial charge in [0, 0.05) is 54.2 Å². The van der Waals surface area contributed by atoms with Gasteiger partial charge < -0.3 is 24.8 Å². The van der Waals surface area contributed by atoms with Gasteiger partial charge in [-0.1, -0.05) is 30.3 Å². The SMILES string of the molecule is CCOC(=O)CC1CCN(c2ccc(Nc3ncc(Br)c(Nc4ccc5ccccc5c4P(C)(C)=O)n3)cc2C2=NC(C)N=C2)CC1. The van der Waals surface area contributed by atoms with Crippen molar-refractivity contribution in [1.82, 2.24) is 9.97 Å². The lowest BCUT2D eigenvalue weighted by Crippen LogP contribution is -2.35. The first-order valence-corrected chi connectivity index (χ1v) is 19.3. The summed E-state index contributed by atoms with van der Waals surface area (Å²) in [4.78, 5) is 33.0. The number of esters is 1. The second-order valence-electron chi connectivity index (χ2n) is 12.3. The summed E-state index contributed by atoms with van der Waals surface area (Å²) in [6.07, 6.45) is 5.71. The van der Waals surface area contributed by atoms with Gasteiger partial charge in [0.25, 0.3) is 0 Å². The van der Waals surface area contributed by atoms with E-state index >= 15 is 0 Å². The van der Waals surface area contributed by atoms with Gasteiger partial charge in [0.2, 0.25) is 5.95 Å². The molecule has 1 saturated heterocycles. The summed E-state index contributed by atoms with van der Waals surface area (Å²) in [5.74, 6) is 1.17. The molecule has 2 N–H and O–H groups in total. The molecule has 1 aromatic heterocycles. The Kier molecular flexibility index (Phi) is 9.75. The maximum atomic E-state index is 13.5. The number of carbonyl (C=O) groups is 1. The van der Waals surface area contributed by atoms with Crippen LogP contribution in [0.5, 0.6) is 0 Å². The molecule has 244 valence electrons. The molecule has 0 saturated carbocycles. The van der Waals surface area contributed by atoms with Crippen LogP contribution in [-0.4, -0.2) is 67.1 Å². The van der Waals surface area contributed by atoms with Gasteiger partial charge in [0.1, 0.15) is 19.1 Å². The number of aliphatic imine (C=N–C) groups is 2. The number of piperidine rings is 1. The Morgan fingerprint density at radius 1 is 1.09 bits per heavy atom. The van der Waals surface area contributed by atoms with E-state index in [1.54, 1.807) is 19.5 Å². The topological polar surface area (TPSA) is 121 Å². The number of halogens is 1. The highest BCUT2D eigenvalue weighted by molar-refractivity contribution is 9.10. The third kappa shape index (κ3) is 7.57. The minimum absolute atomic E-state index is 0.116. The minimum atomic E-state index is -2.65. The van der Waals surface area contributed by atoms with Crippen molar-refractivity contribution in [1.29, 1.82) is 0 Å². The zero-order valence-corrected chi connectivity index (χ0v) is 29.5. The van der Waals surface area contributed by atoms with E-state index < -0.39 is 7.14 Å². The van der Waals surface area contributed by atoms with E-state index in [0.717, 1.165) is 70.3 Å². The number of benzene rings is 3. The number of carbonyl (C=O) groups excluding carboxylic acids is 1. The molecule has 0 aliphatic carbocycles. The number of hydrogen-bond acceptors (Lipinski definition) is 10. The summed E-state index contributed by atoms with van der Waals surface area (Å²) in [7, 11) is -2.65. The highest BCUT2D eigenvalue weighted by Crippen LogP contribution is 2.42. The van der Waals surface area contributed by atoms with Gasteiger partial charge >= 0.3 is 5.97 Å². The average molecular weight is 717 g/mol. The third-order valence-electron chi connectivity index (χ3n) is 8.42. The Hall–Kier alpha value is -4.08. The van der Waals surface area contributed by atoms with Crippen LogP contribution in [0, 0.1) is 5.92 Å². The molecule has 2 aliphatic rings. The van der Waals surface area contributed by atoms with Crippen molar-refractivity contribution in [3.05, 3.63) is 70.8 Å². The number of ether oxygens (including phenoxy) is 1. The van der Waals surface area contributed by atoms with Gasteiger partial charge in [0.05, 0.1) is 22.5 Å². The molecule has 2 aliphatic heterocycles. The van der Waals surface area contributed by atoms with Crippen molar-refractivity contribution in [2.75, 3.05) is 48.6 Å². The summed E-state index contributed by atoms with van der Waals surface area (Å²) in [5.41, 5.74) is 4.44. The van der Waals surface area contributed by atoms with Crippen LogP contribution >= 0.6 is 23.1 Å². The third-order valence-corrected chi connectivity index (χ3v) is 10.6. The fourth-order valence-corrected chi connectivity index (χ4v) is 8.01. The van der Waals surface area contributed by atoms with Crippen LogP contribution in [0.4, 0.5) is 28.8 Å². The molecule has 0 spiro atoms. The molecule has 1 unspecified atom stereocenters. The molecular formula is C35H39BrN7O3P. The van der Waals surface area contributed by atoms with Gasteiger partial charge in [-0.2, -0.15) is 4.98 Å². The van der Waals surface area contributed by atoms with Crippen molar-refractivity contribution >= 4 is 85.9 Å². The highest BCUT2D eigenvalue weighted by Gasteiger charge is 2.26. The maximum absolute atomic E-state index is 13.5. The monoisotopic (exact) mass is 715 g/mol. The van der Waals surface area contributed by atoms with Gasteiger partial charge in [-0.25, -0.2) is 4.98 Å². The maximum Gasteiger partial charge on any atom is 0.306 e. The van der Waals surface area contributed by atoms with Gasteiger partial charge in [-0.15, -0.1) is 0 Å². The fourth-order valence-electron chi connectivity index (χ4n) is 6.22. The second-order valence-corrected chi connectivity index (χ2v) is 16.3. The molecule has 1 fully saturated rings. The first-order chi connectivity index (χ1) is 22.6. The summed E-state index contributed by atoms with van der Waals surface area (Å²) >= 11 is 3.59. The lowest BCUT2D eigenvalue weighted by Gasteiger charge is -2.34. The van der Waals surface area contributed by atoms with E-state index in [1.165, 1.54) is 0 Å². The number of aromatic nitrogens is 2. The molecule has 12 heteroatoms. The van der Waals surface area contributed by atoms with Crippen LogP contribution in [0.1, 0.15) is 38.7 Å². The fraction of sp³-hybridized carbons (Fsp3) is 0.343. The number of rotatable bonds is 10. The van der Waals surface area contributed by atoms with E-state index in [0.29, 0.717) is 35.2 Å². The van der Waals surface area contributed by atoms with Crippen LogP contribution in [0.15, 0.2) is 75.3 Å². The van der Waals surface area contributed by atoms with Crippen LogP contribution < -0.4 is 20.8 Å². The first kappa shape index (κ1) is 32.8. The summed E-state index contributed by atoms with van der Waals surface area (Å²) in [5, 5.41) is 9.57. The van der Waals surface area contributed by atoms with E-state index in [9.17, 15) is 9.36 Å². The number of nitrogens with zero attached hydrogens (tertiary/aromatic N) is 5. The van der Waals surface area contributed by atoms with Crippen LogP contribution in [0.3, 0.4) is 0 Å². The lowest BCUT2D eigenvalue weighted by molar-refractivity contribution is -0.144. The van der Waals surface area contributed by atoms with Crippen LogP contribution in [0.2, 0.25) is 0 Å². The van der Waals surface area contributed by atoms with Crippen molar-refractivity contribution < 1.29 is 14.1 Å². The Morgan fingerprint density at radius 2 is 1.87 bits per heavy atom. The largest absolute Gasteiger partial charge is 0.466 e. The zero-order valence-electron chi connectivity index (χ0n) is 27.0. The van der Waals surface area contributed by atoms with Crippen molar-refractivity contribution in [3.63, 3.8) is 0 Å². The smallest absolute Gasteiger partial charge is 0.306 e. The highest BCUT2D eigenvalue weighted by atomic mass is 79.9. The zero-order chi connectivity index (χ0) is 33.1.